The number of rotatable bonds is 4. The van der Waals surface area contributed by atoms with E-state index in [-0.39, 0.29) is 16.6 Å². The largest absolute Gasteiger partial charge is 0.506 e. The number of imidazole rings is 1. The van der Waals surface area contributed by atoms with Gasteiger partial charge in [-0.05, 0) is 113 Å². The fraction of sp³-hybridized carbons (Fsp3) is 0.200. The molecule has 0 aliphatic heterocycles. The first-order chi connectivity index (χ1) is 26.2. The zero-order valence-corrected chi connectivity index (χ0v) is 32.8. The van der Waals surface area contributed by atoms with E-state index in [9.17, 15) is 5.11 Å². The van der Waals surface area contributed by atoms with Crippen LogP contribution < -0.4 is 0 Å². The van der Waals surface area contributed by atoms with E-state index in [2.05, 4.69) is 150 Å². The quantitative estimate of drug-likeness (QED) is 0.190. The van der Waals surface area contributed by atoms with Crippen molar-refractivity contribution in [2.24, 2.45) is 0 Å². The van der Waals surface area contributed by atoms with Gasteiger partial charge in [0.2, 0.25) is 0 Å². The molecule has 5 nitrogen and oxygen atoms in total. The number of aromatic amines is 1. The van der Waals surface area contributed by atoms with Gasteiger partial charge in [-0.25, -0.2) is 9.97 Å². The SMILES string of the molecule is Cc1cc(C)cc(-n2c(-c3cc(C(C)(C)C)cc4c3[nH]c3ccc(C(C)(C)C)cc34)nc3c(-c4cc(-c5ccccc5)c5cccc(O)c5n4)cccc32)c1. The summed E-state index contributed by atoms with van der Waals surface area (Å²) in [6, 6.07) is 42.7. The summed E-state index contributed by atoms with van der Waals surface area (Å²) in [6.45, 7) is 18.0. The van der Waals surface area contributed by atoms with Crippen LogP contribution in [0, 0.1) is 13.8 Å². The minimum Gasteiger partial charge on any atom is -0.506 e. The zero-order valence-electron chi connectivity index (χ0n) is 32.8. The van der Waals surface area contributed by atoms with Crippen molar-refractivity contribution in [3.05, 3.63) is 144 Å². The molecule has 0 unspecified atom stereocenters. The van der Waals surface area contributed by atoms with Crippen molar-refractivity contribution in [3.8, 4) is 45.2 Å². The molecular weight excluding hydrogens is 673 g/mol. The number of para-hydroxylation sites is 2. The maximum Gasteiger partial charge on any atom is 0.147 e. The Morgan fingerprint density at radius 1 is 0.564 bits per heavy atom. The number of phenolic OH excluding ortho intramolecular Hbond substituents is 1. The number of benzene rings is 6. The van der Waals surface area contributed by atoms with Crippen molar-refractivity contribution in [1.82, 2.24) is 19.5 Å². The van der Waals surface area contributed by atoms with Gasteiger partial charge in [0, 0.05) is 38.5 Å². The minimum atomic E-state index is -0.110. The summed E-state index contributed by atoms with van der Waals surface area (Å²) in [5.74, 6) is 1.01. The molecule has 0 saturated heterocycles. The minimum absolute atomic E-state index is 0.0175. The number of aromatic hydroxyl groups is 1. The monoisotopic (exact) mass is 718 g/mol. The van der Waals surface area contributed by atoms with Crippen LogP contribution in [0.5, 0.6) is 5.75 Å². The lowest BCUT2D eigenvalue weighted by Gasteiger charge is -2.21. The van der Waals surface area contributed by atoms with E-state index in [1.165, 1.54) is 33.0 Å². The molecule has 0 aliphatic rings. The number of pyridine rings is 1. The first kappa shape index (κ1) is 34.6. The second-order valence-electron chi connectivity index (χ2n) is 17.2. The van der Waals surface area contributed by atoms with Crippen LogP contribution in [-0.4, -0.2) is 24.6 Å². The number of phenols is 1. The summed E-state index contributed by atoms with van der Waals surface area (Å²) in [5.41, 5.74) is 15.2. The molecular formula is C50H46N4O. The van der Waals surface area contributed by atoms with E-state index in [4.69, 9.17) is 9.97 Å². The molecule has 2 N–H and O–H groups in total. The number of nitrogens with one attached hydrogen (secondary N) is 1. The van der Waals surface area contributed by atoms with Gasteiger partial charge in [0.05, 0.1) is 22.2 Å². The summed E-state index contributed by atoms with van der Waals surface area (Å²) in [4.78, 5) is 14.6. The van der Waals surface area contributed by atoms with Crippen LogP contribution in [0.1, 0.15) is 63.8 Å². The normalized spacial score (nSPS) is 12.4. The second-order valence-corrected chi connectivity index (χ2v) is 17.2. The number of hydrogen-bond acceptors (Lipinski definition) is 3. The fourth-order valence-electron chi connectivity index (χ4n) is 8.13. The lowest BCUT2D eigenvalue weighted by Crippen LogP contribution is -2.11. The molecule has 272 valence electrons. The number of nitrogens with zero attached hydrogens (tertiary/aromatic N) is 3. The van der Waals surface area contributed by atoms with Gasteiger partial charge in [0.1, 0.15) is 17.1 Å². The van der Waals surface area contributed by atoms with Gasteiger partial charge in [0.15, 0.2) is 0 Å². The van der Waals surface area contributed by atoms with E-state index in [0.717, 1.165) is 66.9 Å². The molecule has 3 heterocycles. The van der Waals surface area contributed by atoms with Crippen LogP contribution in [0.15, 0.2) is 121 Å². The predicted octanol–water partition coefficient (Wildman–Crippen LogP) is 13.1. The molecule has 6 aromatic carbocycles. The number of hydrogen-bond donors (Lipinski definition) is 2. The lowest BCUT2D eigenvalue weighted by atomic mass is 9.84. The molecule has 9 aromatic rings. The van der Waals surface area contributed by atoms with E-state index in [1.54, 1.807) is 6.07 Å². The van der Waals surface area contributed by atoms with Gasteiger partial charge in [-0.1, -0.05) is 108 Å². The van der Waals surface area contributed by atoms with Crippen LogP contribution >= 0.6 is 0 Å². The van der Waals surface area contributed by atoms with Crippen molar-refractivity contribution in [2.45, 2.75) is 66.2 Å². The summed E-state index contributed by atoms with van der Waals surface area (Å²) in [7, 11) is 0. The standard InChI is InChI=1S/C50H46N4O/c1-29-22-30(2)24-34(23-29)54-43-18-12-17-36(42-28-37(31-14-10-9-11-15-31)35-16-13-19-44(55)47(35)52-42)46(43)53-48(54)40-27-33(50(6,7)8)26-39-38-25-32(49(3,4)5)20-21-41(38)51-45(39)40/h9-28,51,55H,1-8H3. The molecule has 3 aromatic heterocycles. The first-order valence-corrected chi connectivity index (χ1v) is 19.1. The number of aromatic nitrogens is 4. The van der Waals surface area contributed by atoms with Crippen molar-refractivity contribution in [1.29, 1.82) is 0 Å². The maximum atomic E-state index is 11.2. The average Bonchev–Trinajstić information content (AvgIpc) is 3.72. The van der Waals surface area contributed by atoms with Gasteiger partial charge in [-0.3, -0.25) is 4.57 Å². The van der Waals surface area contributed by atoms with Gasteiger partial charge in [-0.15, -0.1) is 0 Å². The number of aryl methyl sites for hydroxylation is 2. The van der Waals surface area contributed by atoms with Crippen LogP contribution in [0.3, 0.4) is 0 Å². The molecule has 0 fully saturated rings. The summed E-state index contributed by atoms with van der Waals surface area (Å²) in [5, 5.41) is 14.5. The Labute approximate surface area is 322 Å². The van der Waals surface area contributed by atoms with E-state index in [1.807, 2.05) is 30.3 Å². The highest BCUT2D eigenvalue weighted by atomic mass is 16.3. The maximum absolute atomic E-state index is 11.2. The highest BCUT2D eigenvalue weighted by Gasteiger charge is 2.26. The molecule has 55 heavy (non-hydrogen) atoms. The molecule has 0 spiro atoms. The molecule has 5 heteroatoms. The molecule has 0 amide bonds. The smallest absolute Gasteiger partial charge is 0.147 e. The molecule has 0 atom stereocenters. The van der Waals surface area contributed by atoms with Gasteiger partial charge < -0.3 is 10.1 Å². The van der Waals surface area contributed by atoms with Gasteiger partial charge in [-0.2, -0.15) is 0 Å². The Morgan fingerprint density at radius 3 is 2.00 bits per heavy atom. The third-order valence-corrected chi connectivity index (χ3v) is 11.0. The van der Waals surface area contributed by atoms with Crippen LogP contribution in [0.4, 0.5) is 0 Å². The van der Waals surface area contributed by atoms with Crippen LogP contribution in [0.2, 0.25) is 0 Å². The third kappa shape index (κ3) is 5.86. The second kappa shape index (κ2) is 12.4. The predicted molar refractivity (Wildman–Crippen MR) is 231 cm³/mol. The van der Waals surface area contributed by atoms with Gasteiger partial charge >= 0.3 is 0 Å². The highest BCUT2D eigenvalue weighted by molar-refractivity contribution is 6.13. The summed E-state index contributed by atoms with van der Waals surface area (Å²) >= 11 is 0. The number of fused-ring (bicyclic) bond motifs is 5. The average molecular weight is 719 g/mol. The Bertz CT molecular complexity index is 2950. The van der Waals surface area contributed by atoms with Crippen molar-refractivity contribution in [2.75, 3.05) is 0 Å². The fourth-order valence-corrected chi connectivity index (χ4v) is 8.13. The lowest BCUT2D eigenvalue weighted by molar-refractivity contribution is 0.480. The van der Waals surface area contributed by atoms with E-state index < -0.39 is 0 Å². The molecule has 0 aliphatic carbocycles. The summed E-state index contributed by atoms with van der Waals surface area (Å²) < 4.78 is 2.32. The van der Waals surface area contributed by atoms with Crippen LogP contribution in [0.25, 0.3) is 83.2 Å². The highest BCUT2D eigenvalue weighted by Crippen LogP contribution is 2.43. The van der Waals surface area contributed by atoms with Crippen LogP contribution in [-0.2, 0) is 10.8 Å². The van der Waals surface area contributed by atoms with E-state index >= 15 is 0 Å². The van der Waals surface area contributed by atoms with Crippen molar-refractivity contribution >= 4 is 43.7 Å². The summed E-state index contributed by atoms with van der Waals surface area (Å²) in [6.07, 6.45) is 0. The van der Waals surface area contributed by atoms with Crippen molar-refractivity contribution < 1.29 is 5.11 Å². The molecule has 9 rings (SSSR count). The molecule has 0 bridgehead atoms. The van der Waals surface area contributed by atoms with E-state index in [0.29, 0.717) is 5.52 Å². The third-order valence-electron chi connectivity index (χ3n) is 11.0. The Hall–Kier alpha value is -6.20. The van der Waals surface area contributed by atoms with Crippen molar-refractivity contribution in [3.63, 3.8) is 0 Å². The Balaban J connectivity index is 1.40. The Kier molecular flexibility index (Phi) is 7.81. The first-order valence-electron chi connectivity index (χ1n) is 19.1. The van der Waals surface area contributed by atoms with Gasteiger partial charge in [0.25, 0.3) is 0 Å². The molecule has 0 saturated carbocycles. The Morgan fingerprint density at radius 2 is 1.27 bits per heavy atom. The molecule has 0 radical (unpaired) electrons. The number of H-pyrrole nitrogens is 1. The zero-order chi connectivity index (χ0) is 38.4. The topological polar surface area (TPSA) is 66.7 Å².